The summed E-state index contributed by atoms with van der Waals surface area (Å²) in [5.41, 5.74) is 0.381. The summed E-state index contributed by atoms with van der Waals surface area (Å²) in [4.78, 5) is 2.80. The third-order valence-corrected chi connectivity index (χ3v) is 4.48. The minimum atomic E-state index is 0.381. The van der Waals surface area contributed by atoms with Gasteiger partial charge in [-0.25, -0.2) is 0 Å². The Balaban J connectivity index is 1.67. The highest BCUT2D eigenvalue weighted by atomic mass is 15.3. The molecule has 14 heavy (non-hydrogen) atoms. The first-order valence-corrected chi connectivity index (χ1v) is 6.15. The van der Waals surface area contributed by atoms with Gasteiger partial charge in [0.2, 0.25) is 0 Å². The molecule has 0 amide bonds. The molecule has 2 heteroatoms. The van der Waals surface area contributed by atoms with Crippen molar-refractivity contribution in [1.82, 2.24) is 10.2 Å². The molecule has 0 radical (unpaired) electrons. The molecule has 3 aliphatic rings. The van der Waals surface area contributed by atoms with E-state index in [9.17, 15) is 0 Å². The Morgan fingerprint density at radius 3 is 2.57 bits per heavy atom. The fourth-order valence-corrected chi connectivity index (χ4v) is 3.77. The van der Waals surface area contributed by atoms with Gasteiger partial charge in [-0.2, -0.15) is 0 Å². The highest BCUT2D eigenvalue weighted by molar-refractivity contribution is 5.01. The molecular formula is C12H22N2. The van der Waals surface area contributed by atoms with E-state index in [1.165, 1.54) is 38.8 Å². The number of rotatable bonds is 1. The van der Waals surface area contributed by atoms with Gasteiger partial charge in [0.1, 0.15) is 0 Å². The highest BCUT2D eigenvalue weighted by Crippen LogP contribution is 2.40. The first-order chi connectivity index (χ1) is 6.64. The quantitative estimate of drug-likeness (QED) is 0.682. The summed E-state index contributed by atoms with van der Waals surface area (Å²) in [5, 5.41) is 3.64. The van der Waals surface area contributed by atoms with Gasteiger partial charge in [-0.1, -0.05) is 0 Å². The van der Waals surface area contributed by atoms with Gasteiger partial charge in [0.15, 0.2) is 0 Å². The molecule has 2 bridgehead atoms. The van der Waals surface area contributed by atoms with Crippen LogP contribution in [-0.4, -0.2) is 35.6 Å². The lowest BCUT2D eigenvalue weighted by Gasteiger charge is -2.32. The molecule has 80 valence electrons. The molecule has 0 spiro atoms. The average molecular weight is 194 g/mol. The van der Waals surface area contributed by atoms with E-state index >= 15 is 0 Å². The zero-order valence-corrected chi connectivity index (χ0v) is 9.42. The Kier molecular flexibility index (Phi) is 1.94. The molecule has 2 heterocycles. The van der Waals surface area contributed by atoms with Crippen molar-refractivity contribution >= 4 is 0 Å². The molecule has 3 fully saturated rings. The molecular weight excluding hydrogens is 172 g/mol. The number of fused-ring (bicyclic) bond motifs is 2. The van der Waals surface area contributed by atoms with Gasteiger partial charge >= 0.3 is 0 Å². The predicted molar refractivity (Wildman–Crippen MR) is 58.3 cm³/mol. The first kappa shape index (κ1) is 9.17. The topological polar surface area (TPSA) is 15.3 Å². The Labute approximate surface area is 87.0 Å². The van der Waals surface area contributed by atoms with Gasteiger partial charge in [0.05, 0.1) is 0 Å². The van der Waals surface area contributed by atoms with Crippen LogP contribution < -0.4 is 5.32 Å². The second-order valence-electron chi connectivity index (χ2n) is 6.15. The van der Waals surface area contributed by atoms with Crippen molar-refractivity contribution in [3.8, 4) is 0 Å². The number of nitrogens with one attached hydrogen (secondary N) is 1. The molecule has 0 aromatic heterocycles. The molecule has 2 nitrogen and oxygen atoms in total. The van der Waals surface area contributed by atoms with Crippen LogP contribution in [0.15, 0.2) is 0 Å². The number of piperidine rings is 1. The van der Waals surface area contributed by atoms with Crippen LogP contribution in [-0.2, 0) is 0 Å². The number of nitrogens with zero attached hydrogens (tertiary/aromatic N) is 1. The van der Waals surface area contributed by atoms with Crippen LogP contribution >= 0.6 is 0 Å². The maximum atomic E-state index is 3.64. The Hall–Kier alpha value is -0.0800. The second-order valence-corrected chi connectivity index (χ2v) is 6.15. The van der Waals surface area contributed by atoms with Gasteiger partial charge in [0.25, 0.3) is 0 Å². The van der Waals surface area contributed by atoms with E-state index in [0.717, 1.165) is 18.0 Å². The van der Waals surface area contributed by atoms with Crippen LogP contribution in [0.4, 0.5) is 0 Å². The number of hydrogen-bond donors (Lipinski definition) is 1. The summed E-state index contributed by atoms with van der Waals surface area (Å²) in [6.45, 7) is 7.28. The van der Waals surface area contributed by atoms with Crippen molar-refractivity contribution in [1.29, 1.82) is 0 Å². The zero-order chi connectivity index (χ0) is 9.76. The SMILES string of the molecule is CC1(C)CC(N2CC3CCC2C3)CN1. The van der Waals surface area contributed by atoms with E-state index in [-0.39, 0.29) is 0 Å². The van der Waals surface area contributed by atoms with E-state index in [1.807, 2.05) is 0 Å². The van der Waals surface area contributed by atoms with Crippen LogP contribution in [0.1, 0.15) is 39.5 Å². The lowest BCUT2D eigenvalue weighted by Crippen LogP contribution is -2.42. The van der Waals surface area contributed by atoms with Crippen LogP contribution in [0.5, 0.6) is 0 Å². The summed E-state index contributed by atoms with van der Waals surface area (Å²) < 4.78 is 0. The van der Waals surface area contributed by atoms with E-state index in [0.29, 0.717) is 5.54 Å². The number of likely N-dealkylation sites (tertiary alicyclic amines) is 1. The molecule has 1 saturated carbocycles. The minimum Gasteiger partial charge on any atom is -0.310 e. The maximum absolute atomic E-state index is 3.64. The van der Waals surface area contributed by atoms with Gasteiger partial charge in [-0.3, -0.25) is 4.90 Å². The largest absolute Gasteiger partial charge is 0.310 e. The minimum absolute atomic E-state index is 0.381. The van der Waals surface area contributed by atoms with Crippen molar-refractivity contribution in [2.45, 2.75) is 57.2 Å². The highest BCUT2D eigenvalue weighted by Gasteiger charge is 2.44. The fraction of sp³-hybridized carbons (Fsp3) is 1.00. The summed E-state index contributed by atoms with van der Waals surface area (Å²) in [6.07, 6.45) is 5.82. The van der Waals surface area contributed by atoms with Crippen molar-refractivity contribution in [2.75, 3.05) is 13.1 Å². The smallest absolute Gasteiger partial charge is 0.0241 e. The molecule has 1 N–H and O–H groups in total. The average Bonchev–Trinajstić information content (AvgIpc) is 2.77. The van der Waals surface area contributed by atoms with Gasteiger partial charge in [-0.05, 0) is 45.4 Å². The molecule has 2 aliphatic heterocycles. The normalized spacial score (nSPS) is 46.3. The van der Waals surface area contributed by atoms with E-state index in [4.69, 9.17) is 0 Å². The lowest BCUT2D eigenvalue weighted by atomic mass is 9.99. The standard InChI is InChI=1S/C12H22N2/c1-12(2)6-11(7-13-12)14-8-9-3-4-10(14)5-9/h9-11,13H,3-8H2,1-2H3. The van der Waals surface area contributed by atoms with Crippen molar-refractivity contribution in [2.24, 2.45) is 5.92 Å². The van der Waals surface area contributed by atoms with Crippen LogP contribution in [0, 0.1) is 5.92 Å². The molecule has 2 saturated heterocycles. The molecule has 1 aliphatic carbocycles. The lowest BCUT2D eigenvalue weighted by molar-refractivity contribution is 0.155. The monoisotopic (exact) mass is 194 g/mol. The third kappa shape index (κ3) is 1.40. The third-order valence-electron chi connectivity index (χ3n) is 4.48. The van der Waals surface area contributed by atoms with Crippen LogP contribution in [0.2, 0.25) is 0 Å². The van der Waals surface area contributed by atoms with E-state index in [2.05, 4.69) is 24.1 Å². The molecule has 3 atom stereocenters. The summed E-state index contributed by atoms with van der Waals surface area (Å²) in [6, 6.07) is 1.78. The second kappa shape index (κ2) is 2.96. The fourth-order valence-electron chi connectivity index (χ4n) is 3.77. The first-order valence-electron chi connectivity index (χ1n) is 6.15. The molecule has 0 aromatic rings. The summed E-state index contributed by atoms with van der Waals surface area (Å²) >= 11 is 0. The molecule has 0 aromatic carbocycles. The zero-order valence-electron chi connectivity index (χ0n) is 9.42. The van der Waals surface area contributed by atoms with Crippen LogP contribution in [0.25, 0.3) is 0 Å². The van der Waals surface area contributed by atoms with Gasteiger partial charge < -0.3 is 5.32 Å². The van der Waals surface area contributed by atoms with E-state index < -0.39 is 0 Å². The Bertz CT molecular complexity index is 236. The Morgan fingerprint density at radius 2 is 2.07 bits per heavy atom. The number of hydrogen-bond acceptors (Lipinski definition) is 2. The maximum Gasteiger partial charge on any atom is 0.0241 e. The van der Waals surface area contributed by atoms with Crippen molar-refractivity contribution in [3.63, 3.8) is 0 Å². The van der Waals surface area contributed by atoms with Crippen molar-refractivity contribution in [3.05, 3.63) is 0 Å². The van der Waals surface area contributed by atoms with Crippen molar-refractivity contribution < 1.29 is 0 Å². The van der Waals surface area contributed by atoms with Gasteiger partial charge in [0, 0.05) is 30.7 Å². The predicted octanol–water partition coefficient (Wildman–Crippen LogP) is 1.61. The summed E-state index contributed by atoms with van der Waals surface area (Å²) in [7, 11) is 0. The Morgan fingerprint density at radius 1 is 1.21 bits per heavy atom. The summed E-state index contributed by atoms with van der Waals surface area (Å²) in [5.74, 6) is 1.05. The van der Waals surface area contributed by atoms with Gasteiger partial charge in [-0.15, -0.1) is 0 Å². The molecule has 3 unspecified atom stereocenters. The van der Waals surface area contributed by atoms with Crippen LogP contribution in [0.3, 0.4) is 0 Å². The van der Waals surface area contributed by atoms with E-state index in [1.54, 1.807) is 0 Å². The molecule has 3 rings (SSSR count).